The molecule has 1 fully saturated rings. The fourth-order valence-electron chi connectivity index (χ4n) is 2.70. The number of ether oxygens (including phenoxy) is 1. The Bertz CT molecular complexity index is 260. The van der Waals surface area contributed by atoms with Crippen molar-refractivity contribution in [2.75, 3.05) is 6.61 Å². The lowest BCUT2D eigenvalue weighted by molar-refractivity contribution is -0.141. The second-order valence-corrected chi connectivity index (χ2v) is 6.31. The molecule has 98 valence electrons. The van der Waals surface area contributed by atoms with Gasteiger partial charge in [0.25, 0.3) is 0 Å². The van der Waals surface area contributed by atoms with Crippen LogP contribution in [0.4, 0.5) is 0 Å². The maximum Gasteiger partial charge on any atom is 0.330 e. The fraction of sp³-hybridized carbons (Fsp3) is 0.800. The Kier molecular flexibility index (Phi) is 5.23. The summed E-state index contributed by atoms with van der Waals surface area (Å²) in [5.41, 5.74) is 0.0872. The summed E-state index contributed by atoms with van der Waals surface area (Å²) in [4.78, 5) is 11.1. The molecule has 2 heteroatoms. The first kappa shape index (κ1) is 14.3. The van der Waals surface area contributed by atoms with E-state index >= 15 is 0 Å². The van der Waals surface area contributed by atoms with Gasteiger partial charge in [-0.05, 0) is 23.7 Å². The van der Waals surface area contributed by atoms with Gasteiger partial charge in [-0.25, -0.2) is 4.79 Å². The van der Waals surface area contributed by atoms with Crippen molar-refractivity contribution in [3.05, 3.63) is 12.7 Å². The summed E-state index contributed by atoms with van der Waals surface area (Å²) in [5.74, 6) is 1.40. The van der Waals surface area contributed by atoms with Gasteiger partial charge in [-0.2, -0.15) is 0 Å². The summed E-state index contributed by atoms with van der Waals surface area (Å²) in [5, 5.41) is 0. The highest BCUT2D eigenvalue weighted by Gasteiger charge is 2.27. The van der Waals surface area contributed by atoms with Gasteiger partial charge >= 0.3 is 5.97 Å². The van der Waals surface area contributed by atoms with Gasteiger partial charge in [0.1, 0.15) is 0 Å². The van der Waals surface area contributed by atoms with Gasteiger partial charge in [0.15, 0.2) is 0 Å². The Labute approximate surface area is 105 Å². The van der Waals surface area contributed by atoms with Crippen LogP contribution in [0.25, 0.3) is 0 Å². The van der Waals surface area contributed by atoms with Crippen molar-refractivity contribution >= 4 is 5.97 Å². The molecular weight excluding hydrogens is 212 g/mol. The predicted molar refractivity (Wildman–Crippen MR) is 70.7 cm³/mol. The van der Waals surface area contributed by atoms with Crippen LogP contribution in [0.5, 0.6) is 0 Å². The van der Waals surface area contributed by atoms with Gasteiger partial charge in [0, 0.05) is 6.08 Å². The quantitative estimate of drug-likeness (QED) is 0.535. The molecular formula is C15H26O2. The normalized spacial score (nSPS) is 25.4. The van der Waals surface area contributed by atoms with Gasteiger partial charge in [-0.1, -0.05) is 53.0 Å². The Morgan fingerprint density at radius 3 is 2.47 bits per heavy atom. The molecule has 0 heterocycles. The van der Waals surface area contributed by atoms with E-state index in [-0.39, 0.29) is 11.4 Å². The summed E-state index contributed by atoms with van der Waals surface area (Å²) >= 11 is 0. The molecule has 0 spiro atoms. The molecule has 1 saturated carbocycles. The van der Waals surface area contributed by atoms with E-state index < -0.39 is 0 Å². The van der Waals surface area contributed by atoms with Crippen LogP contribution in [-0.4, -0.2) is 12.6 Å². The molecule has 1 rings (SSSR count). The van der Waals surface area contributed by atoms with Crippen molar-refractivity contribution in [3.8, 4) is 0 Å². The summed E-state index contributed by atoms with van der Waals surface area (Å²) in [6, 6.07) is 0. The van der Waals surface area contributed by atoms with Crippen molar-refractivity contribution in [1.82, 2.24) is 0 Å². The number of carbonyl (C=O) groups excluding carboxylic acids is 1. The maximum atomic E-state index is 11.1. The first-order valence-corrected chi connectivity index (χ1v) is 6.72. The molecule has 0 N–H and O–H groups in total. The molecule has 0 saturated heterocycles. The van der Waals surface area contributed by atoms with Crippen LogP contribution in [0, 0.1) is 17.3 Å². The summed E-state index contributed by atoms with van der Waals surface area (Å²) in [7, 11) is 0. The molecule has 1 aliphatic carbocycles. The minimum atomic E-state index is -0.310. The fourth-order valence-corrected chi connectivity index (χ4v) is 2.70. The molecule has 0 atom stereocenters. The van der Waals surface area contributed by atoms with Crippen LogP contribution in [0.2, 0.25) is 0 Å². The maximum absolute atomic E-state index is 11.1. The highest BCUT2D eigenvalue weighted by Crippen LogP contribution is 2.36. The average Bonchev–Trinajstić information content (AvgIpc) is 2.29. The lowest BCUT2D eigenvalue weighted by Crippen LogP contribution is -2.26. The van der Waals surface area contributed by atoms with E-state index in [2.05, 4.69) is 27.4 Å². The van der Waals surface area contributed by atoms with Crippen LogP contribution >= 0.6 is 0 Å². The molecule has 2 nitrogen and oxygen atoms in total. The van der Waals surface area contributed by atoms with Gasteiger partial charge in [0.2, 0.25) is 0 Å². The van der Waals surface area contributed by atoms with Crippen LogP contribution < -0.4 is 0 Å². The number of carbonyl (C=O) groups is 1. The summed E-state index contributed by atoms with van der Waals surface area (Å²) < 4.78 is 5.16. The summed E-state index contributed by atoms with van der Waals surface area (Å²) in [6.45, 7) is 10.6. The molecule has 0 aromatic carbocycles. The van der Waals surface area contributed by atoms with E-state index in [4.69, 9.17) is 4.74 Å². The van der Waals surface area contributed by atoms with Crippen molar-refractivity contribution in [2.24, 2.45) is 17.3 Å². The van der Waals surface area contributed by atoms with Gasteiger partial charge in [-0.3, -0.25) is 0 Å². The average molecular weight is 238 g/mol. The number of hydrogen-bond acceptors (Lipinski definition) is 2. The lowest BCUT2D eigenvalue weighted by Gasteiger charge is -2.33. The zero-order chi connectivity index (χ0) is 12.9. The van der Waals surface area contributed by atoms with Crippen LogP contribution in [0.3, 0.4) is 0 Å². The molecule has 0 aromatic heterocycles. The van der Waals surface area contributed by atoms with Gasteiger partial charge in [-0.15, -0.1) is 0 Å². The Balaban J connectivity index is 2.32. The van der Waals surface area contributed by atoms with E-state index in [1.54, 1.807) is 0 Å². The van der Waals surface area contributed by atoms with Crippen LogP contribution in [0.1, 0.15) is 52.9 Å². The third-order valence-corrected chi connectivity index (χ3v) is 3.75. The van der Waals surface area contributed by atoms with Crippen LogP contribution in [-0.2, 0) is 9.53 Å². The minimum absolute atomic E-state index is 0.0872. The monoisotopic (exact) mass is 238 g/mol. The molecule has 0 aromatic rings. The summed E-state index contributed by atoms with van der Waals surface area (Å²) in [6.07, 6.45) is 7.77. The first-order chi connectivity index (χ1) is 7.93. The molecule has 0 bridgehead atoms. The highest BCUT2D eigenvalue weighted by molar-refractivity contribution is 5.81. The SMILES string of the molecule is C=CC(=O)OCC(C)(C)CC1CCC(C)CC1. The molecule has 0 unspecified atom stereocenters. The van der Waals surface area contributed by atoms with E-state index in [9.17, 15) is 4.79 Å². The number of rotatable bonds is 5. The Hall–Kier alpha value is -0.790. The second kappa shape index (κ2) is 6.23. The zero-order valence-electron chi connectivity index (χ0n) is 11.5. The highest BCUT2D eigenvalue weighted by atomic mass is 16.5. The van der Waals surface area contributed by atoms with Gasteiger partial charge in [0.05, 0.1) is 6.61 Å². The first-order valence-electron chi connectivity index (χ1n) is 6.72. The van der Waals surface area contributed by atoms with Crippen LogP contribution in [0.15, 0.2) is 12.7 Å². The van der Waals surface area contributed by atoms with E-state index in [1.807, 2.05) is 0 Å². The third kappa shape index (κ3) is 5.38. The molecule has 17 heavy (non-hydrogen) atoms. The Morgan fingerprint density at radius 2 is 1.94 bits per heavy atom. The largest absolute Gasteiger partial charge is 0.462 e. The third-order valence-electron chi connectivity index (χ3n) is 3.75. The number of hydrogen-bond donors (Lipinski definition) is 0. The van der Waals surface area contributed by atoms with E-state index in [1.165, 1.54) is 31.8 Å². The molecule has 0 aliphatic heterocycles. The van der Waals surface area contributed by atoms with Crippen molar-refractivity contribution < 1.29 is 9.53 Å². The van der Waals surface area contributed by atoms with E-state index in [0.717, 1.165) is 18.3 Å². The minimum Gasteiger partial charge on any atom is -0.462 e. The van der Waals surface area contributed by atoms with Crippen molar-refractivity contribution in [3.63, 3.8) is 0 Å². The smallest absolute Gasteiger partial charge is 0.330 e. The standard InChI is InChI=1S/C15H26O2/c1-5-14(16)17-11-15(3,4)10-13-8-6-12(2)7-9-13/h5,12-13H,1,6-11H2,2-4H3. The Morgan fingerprint density at radius 1 is 1.35 bits per heavy atom. The number of esters is 1. The topological polar surface area (TPSA) is 26.3 Å². The zero-order valence-corrected chi connectivity index (χ0v) is 11.5. The molecule has 0 radical (unpaired) electrons. The van der Waals surface area contributed by atoms with Gasteiger partial charge < -0.3 is 4.74 Å². The second-order valence-electron chi connectivity index (χ2n) is 6.31. The predicted octanol–water partition coefficient (Wildman–Crippen LogP) is 3.96. The van der Waals surface area contributed by atoms with Crippen molar-refractivity contribution in [1.29, 1.82) is 0 Å². The van der Waals surface area contributed by atoms with Crippen molar-refractivity contribution in [2.45, 2.75) is 52.9 Å². The molecule has 0 amide bonds. The molecule has 1 aliphatic rings. The van der Waals surface area contributed by atoms with E-state index in [0.29, 0.717) is 6.61 Å². The lowest BCUT2D eigenvalue weighted by atomic mass is 9.74.